The van der Waals surface area contributed by atoms with Gasteiger partial charge in [-0.3, -0.25) is 14.6 Å². The normalized spacial score (nSPS) is 16.2. The number of aromatic nitrogens is 2. The van der Waals surface area contributed by atoms with Crippen LogP contribution in [0.15, 0.2) is 23.7 Å². The number of benzene rings is 1. The van der Waals surface area contributed by atoms with Crippen LogP contribution in [0.5, 0.6) is 0 Å². The Morgan fingerprint density at radius 1 is 1.54 bits per heavy atom. The average molecular weight is 591 g/mol. The molecule has 135 valence electrons. The Kier molecular flexibility index (Phi) is 7.46. The van der Waals surface area contributed by atoms with Gasteiger partial charge < -0.3 is 10.5 Å². The summed E-state index contributed by atoms with van der Waals surface area (Å²) in [6.45, 7) is 2.20. The number of nitrogens with zero attached hydrogens (tertiary/aromatic N) is 4. The minimum atomic E-state index is -0.743. The molecule has 8 nitrogen and oxygen atoms in total. The van der Waals surface area contributed by atoms with Crippen molar-refractivity contribution < 1.29 is 62.8 Å². The fourth-order valence-electron chi connectivity index (χ4n) is 2.48. The van der Waals surface area contributed by atoms with Crippen molar-refractivity contribution in [1.82, 2.24) is 10.2 Å². The van der Waals surface area contributed by atoms with Crippen LogP contribution in [0.2, 0.25) is 0 Å². The molecule has 2 heterocycles. The van der Waals surface area contributed by atoms with E-state index in [-0.39, 0.29) is 68.4 Å². The Hall–Kier alpha value is -1.15. The fraction of sp³-hybridized carbons (Fsp3) is 0.333. The van der Waals surface area contributed by atoms with Crippen LogP contribution in [0.1, 0.15) is 17.3 Å². The molecule has 0 spiro atoms. The number of carbonyl (C=O) groups excluding carboxylic acids is 2. The van der Waals surface area contributed by atoms with E-state index in [2.05, 4.69) is 10.2 Å². The molecule has 1 radical (unpaired) electrons. The molecule has 1 atom stereocenters. The second-order valence-corrected chi connectivity index (χ2v) is 6.07. The zero-order valence-corrected chi connectivity index (χ0v) is 19.4. The largest absolute Gasteiger partial charge is 0.674 e. The van der Waals surface area contributed by atoms with Gasteiger partial charge in [-0.1, -0.05) is 11.3 Å². The van der Waals surface area contributed by atoms with Gasteiger partial charge in [-0.15, -0.1) is 16.7 Å². The number of rotatable bonds is 5. The van der Waals surface area contributed by atoms with Crippen LogP contribution >= 0.6 is 11.3 Å². The number of carbonyl (C=O) groups is 2. The second-order valence-electron chi connectivity index (χ2n) is 5.26. The van der Waals surface area contributed by atoms with Gasteiger partial charge in [0.15, 0.2) is 0 Å². The molecule has 2 amide bonds. The Morgan fingerprint density at radius 3 is 2.85 bits per heavy atom. The van der Waals surface area contributed by atoms with Crippen molar-refractivity contribution in [2.75, 3.05) is 29.4 Å². The molecule has 1 aromatic heterocycles. The molecule has 2 aromatic rings. The summed E-state index contributed by atoms with van der Waals surface area (Å²) >= 11 is 1.18. The number of nitrogens with one attached hydrogen (secondary N) is 1. The van der Waals surface area contributed by atoms with Crippen molar-refractivity contribution in [3.63, 3.8) is 0 Å². The summed E-state index contributed by atoms with van der Waals surface area (Å²) in [7, 11) is 0. The van der Waals surface area contributed by atoms with E-state index in [1.807, 2.05) is 0 Å². The van der Waals surface area contributed by atoms with Crippen LogP contribution in [-0.2, 0) is 4.74 Å². The standard InChI is InChI=1S/C15H15FN5O3S.Ac/c1-2-20(14-19-18-8-25-14)13(22)11-4-3-9(5-12(11)16)21-7-10(6-17)24-15(21)23;/h3-5,8,10,17H,2,6-7H2,1H3;/q-1;/t10-;/m0./s1. The van der Waals surface area contributed by atoms with Crippen LogP contribution in [0, 0.1) is 49.9 Å². The predicted octanol–water partition coefficient (Wildman–Crippen LogP) is 2.72. The van der Waals surface area contributed by atoms with Crippen molar-refractivity contribution in [2.45, 2.75) is 13.0 Å². The molecular formula is C15H15AcFN5O3S-. The van der Waals surface area contributed by atoms with Gasteiger partial charge >= 0.3 is 6.09 Å². The van der Waals surface area contributed by atoms with E-state index in [0.717, 1.165) is 6.07 Å². The maximum atomic E-state index is 14.5. The molecule has 1 aromatic carbocycles. The molecule has 1 aliphatic heterocycles. The van der Waals surface area contributed by atoms with Crippen molar-refractivity contribution in [3.05, 3.63) is 40.8 Å². The monoisotopic (exact) mass is 591 g/mol. The Labute approximate surface area is 189 Å². The van der Waals surface area contributed by atoms with Crippen LogP contribution < -0.4 is 9.80 Å². The maximum absolute atomic E-state index is 14.5. The summed E-state index contributed by atoms with van der Waals surface area (Å²) in [5.74, 6) is -1.27. The van der Waals surface area contributed by atoms with Gasteiger partial charge in [0.25, 0.3) is 5.91 Å². The molecule has 1 aliphatic rings. The third-order valence-corrected chi connectivity index (χ3v) is 4.45. The fourth-order valence-corrected chi connectivity index (χ4v) is 3.10. The number of cyclic esters (lactones) is 1. The van der Waals surface area contributed by atoms with Gasteiger partial charge in [-0.25, -0.2) is 9.18 Å². The first-order valence-electron chi connectivity index (χ1n) is 7.55. The topological polar surface area (TPSA) is 99.4 Å². The molecule has 0 unspecified atom stereocenters. The molecule has 0 bridgehead atoms. The van der Waals surface area contributed by atoms with Gasteiger partial charge in [-0.2, -0.15) is 0 Å². The number of halogens is 1. The Balaban J connectivity index is 0.00000243. The third-order valence-electron chi connectivity index (χ3n) is 3.74. The number of anilines is 2. The molecule has 0 aliphatic carbocycles. The van der Waals surface area contributed by atoms with Crippen molar-refractivity contribution in [2.24, 2.45) is 0 Å². The first-order valence-corrected chi connectivity index (χ1v) is 8.43. The summed E-state index contributed by atoms with van der Waals surface area (Å²) in [6, 6.07) is 3.94. The van der Waals surface area contributed by atoms with E-state index >= 15 is 0 Å². The molecule has 1 saturated heterocycles. The molecule has 0 saturated carbocycles. The van der Waals surface area contributed by atoms with Crippen LogP contribution in [0.3, 0.4) is 0 Å². The van der Waals surface area contributed by atoms with Crippen LogP contribution in [0.25, 0.3) is 5.73 Å². The summed E-state index contributed by atoms with van der Waals surface area (Å²) < 4.78 is 19.5. The molecule has 11 heteroatoms. The Morgan fingerprint density at radius 2 is 2.31 bits per heavy atom. The second kappa shape index (κ2) is 9.17. The van der Waals surface area contributed by atoms with E-state index < -0.39 is 23.9 Å². The number of ether oxygens (including phenoxy) is 1. The average Bonchev–Trinajstić information content (AvgIpc) is 3.25. The van der Waals surface area contributed by atoms with Gasteiger partial charge in [-0.05, 0) is 25.1 Å². The minimum Gasteiger partial charge on any atom is -0.674 e. The zero-order chi connectivity index (χ0) is 18.0. The molecule has 1 fully saturated rings. The van der Waals surface area contributed by atoms with E-state index in [4.69, 9.17) is 10.5 Å². The smallest absolute Gasteiger partial charge is 0.414 e. The number of hydrogen-bond acceptors (Lipinski definition) is 6. The first kappa shape index (κ1) is 21.2. The summed E-state index contributed by atoms with van der Waals surface area (Å²) in [6.07, 6.45) is -1.16. The van der Waals surface area contributed by atoms with Gasteiger partial charge in [0, 0.05) is 50.6 Å². The molecule has 1 N–H and O–H groups in total. The van der Waals surface area contributed by atoms with Gasteiger partial charge in [0.2, 0.25) is 5.13 Å². The van der Waals surface area contributed by atoms with Crippen LogP contribution in [-0.4, -0.2) is 47.9 Å². The molecule has 26 heavy (non-hydrogen) atoms. The summed E-state index contributed by atoms with van der Waals surface area (Å²) in [4.78, 5) is 27.0. The van der Waals surface area contributed by atoms with Crippen molar-refractivity contribution in [3.8, 4) is 0 Å². The van der Waals surface area contributed by atoms with Gasteiger partial charge in [0.05, 0.1) is 17.8 Å². The predicted molar refractivity (Wildman–Crippen MR) is 90.5 cm³/mol. The van der Waals surface area contributed by atoms with E-state index in [1.165, 1.54) is 38.8 Å². The molecule has 3 rings (SSSR count). The summed E-state index contributed by atoms with van der Waals surface area (Å²) in [5.41, 5.74) is 8.93. The van der Waals surface area contributed by atoms with Crippen molar-refractivity contribution in [1.29, 1.82) is 0 Å². The number of amides is 2. The van der Waals surface area contributed by atoms with Crippen molar-refractivity contribution >= 4 is 34.2 Å². The van der Waals surface area contributed by atoms with Gasteiger partial charge in [0.1, 0.15) is 17.4 Å². The third kappa shape index (κ3) is 4.22. The molecular weight excluding hydrogens is 576 g/mol. The first-order chi connectivity index (χ1) is 12.0. The number of hydrogen-bond donors (Lipinski definition) is 0. The van der Waals surface area contributed by atoms with E-state index in [0.29, 0.717) is 11.7 Å². The van der Waals surface area contributed by atoms with Crippen LogP contribution in [0.4, 0.5) is 20.0 Å². The zero-order valence-electron chi connectivity index (χ0n) is 13.9. The minimum absolute atomic E-state index is 0. The SMILES string of the molecule is CCN(C(=O)c1ccc(N2C[C@H](C[NH-])OC2=O)cc1F)c1nncs1.[Ac]. The summed E-state index contributed by atoms with van der Waals surface area (Å²) in [5, 5.41) is 7.91. The van der Waals surface area contributed by atoms with E-state index in [9.17, 15) is 14.0 Å². The quantitative estimate of drug-likeness (QED) is 0.533. The maximum Gasteiger partial charge on any atom is 0.414 e. The Bertz CT molecular complexity index is 792. The van der Waals surface area contributed by atoms with E-state index in [1.54, 1.807) is 6.92 Å².